The van der Waals surface area contributed by atoms with Gasteiger partial charge in [0, 0.05) is 23.3 Å². The van der Waals surface area contributed by atoms with Gasteiger partial charge in [-0.1, -0.05) is 22.0 Å². The summed E-state index contributed by atoms with van der Waals surface area (Å²) < 4.78 is 2.57. The van der Waals surface area contributed by atoms with E-state index in [0.717, 1.165) is 23.0 Å². The maximum atomic E-state index is 12.6. The van der Waals surface area contributed by atoms with Crippen LogP contribution >= 0.6 is 15.9 Å². The Morgan fingerprint density at radius 1 is 1.35 bits per heavy atom. The molecule has 1 aliphatic rings. The van der Waals surface area contributed by atoms with Crippen LogP contribution < -0.4 is 0 Å². The summed E-state index contributed by atoms with van der Waals surface area (Å²) in [5.74, 6) is -1.09. The molecule has 3 rings (SSSR count). The van der Waals surface area contributed by atoms with E-state index in [9.17, 15) is 9.59 Å². The molecule has 0 aliphatic carbocycles. The summed E-state index contributed by atoms with van der Waals surface area (Å²) >= 11 is 3.41. The molecule has 1 N–H and O–H groups in total. The first-order valence-electron chi connectivity index (χ1n) is 7.39. The Kier molecular flexibility index (Phi) is 4.47. The fraction of sp³-hybridized carbons (Fsp3) is 0.312. The first-order valence-corrected chi connectivity index (χ1v) is 8.18. The van der Waals surface area contributed by atoms with Gasteiger partial charge in [-0.2, -0.15) is 5.10 Å². The van der Waals surface area contributed by atoms with Crippen molar-refractivity contribution in [1.29, 1.82) is 0 Å². The Morgan fingerprint density at radius 3 is 2.91 bits per heavy atom. The second-order valence-corrected chi connectivity index (χ2v) is 6.43. The highest BCUT2D eigenvalue weighted by molar-refractivity contribution is 9.10. The molecule has 1 amide bonds. The van der Waals surface area contributed by atoms with Gasteiger partial charge in [0.2, 0.25) is 0 Å². The van der Waals surface area contributed by atoms with Crippen molar-refractivity contribution < 1.29 is 14.7 Å². The third kappa shape index (κ3) is 3.44. The van der Waals surface area contributed by atoms with Gasteiger partial charge in [0.25, 0.3) is 5.91 Å². The number of likely N-dealkylation sites (tertiary alicyclic amines) is 1. The summed E-state index contributed by atoms with van der Waals surface area (Å²) in [7, 11) is 0. The van der Waals surface area contributed by atoms with Crippen LogP contribution in [-0.4, -0.2) is 44.3 Å². The van der Waals surface area contributed by atoms with Gasteiger partial charge in [-0.15, -0.1) is 0 Å². The van der Waals surface area contributed by atoms with Crippen molar-refractivity contribution in [2.45, 2.75) is 25.3 Å². The number of rotatable bonds is 4. The van der Waals surface area contributed by atoms with Gasteiger partial charge in [0.1, 0.15) is 0 Å². The molecule has 120 valence electrons. The Labute approximate surface area is 141 Å². The van der Waals surface area contributed by atoms with Crippen LogP contribution in [0, 0.1) is 0 Å². The lowest BCUT2D eigenvalue weighted by molar-refractivity contribution is -0.137. The van der Waals surface area contributed by atoms with Crippen molar-refractivity contribution in [3.63, 3.8) is 0 Å². The second-order valence-electron chi connectivity index (χ2n) is 5.52. The number of amides is 1. The van der Waals surface area contributed by atoms with E-state index in [1.165, 1.54) is 0 Å². The summed E-state index contributed by atoms with van der Waals surface area (Å²) in [5, 5.41) is 13.3. The maximum Gasteiger partial charge on any atom is 0.305 e. The molecular formula is C16H16BrN3O3. The zero-order chi connectivity index (χ0) is 16.4. The minimum Gasteiger partial charge on any atom is -0.481 e. The maximum absolute atomic E-state index is 12.6. The molecule has 0 spiro atoms. The van der Waals surface area contributed by atoms with Gasteiger partial charge in [0.15, 0.2) is 5.69 Å². The predicted octanol–water partition coefficient (Wildman–Crippen LogP) is 2.71. The molecule has 1 aliphatic heterocycles. The van der Waals surface area contributed by atoms with E-state index in [2.05, 4.69) is 21.0 Å². The zero-order valence-corrected chi connectivity index (χ0v) is 13.9. The van der Waals surface area contributed by atoms with E-state index in [0.29, 0.717) is 12.2 Å². The smallest absolute Gasteiger partial charge is 0.305 e. The molecule has 6 nitrogen and oxygen atoms in total. The van der Waals surface area contributed by atoms with Crippen LogP contribution in [0.2, 0.25) is 0 Å². The van der Waals surface area contributed by atoms with Gasteiger partial charge >= 0.3 is 5.97 Å². The number of aliphatic carboxylic acids is 1. The van der Waals surface area contributed by atoms with Gasteiger partial charge in [0.05, 0.1) is 12.1 Å². The largest absolute Gasteiger partial charge is 0.481 e. The topological polar surface area (TPSA) is 75.4 Å². The molecule has 1 unspecified atom stereocenters. The van der Waals surface area contributed by atoms with Gasteiger partial charge in [-0.3, -0.25) is 9.59 Å². The van der Waals surface area contributed by atoms with E-state index in [4.69, 9.17) is 5.11 Å². The number of aromatic nitrogens is 2. The quantitative estimate of drug-likeness (QED) is 0.888. The molecule has 1 fully saturated rings. The molecule has 23 heavy (non-hydrogen) atoms. The van der Waals surface area contributed by atoms with Crippen molar-refractivity contribution in [2.24, 2.45) is 0 Å². The average Bonchev–Trinajstić information content (AvgIpc) is 3.15. The summed E-state index contributed by atoms with van der Waals surface area (Å²) in [6.07, 6.45) is 3.27. The lowest BCUT2D eigenvalue weighted by Crippen LogP contribution is -2.37. The van der Waals surface area contributed by atoms with Crippen LogP contribution in [0.1, 0.15) is 29.8 Å². The Morgan fingerprint density at radius 2 is 2.17 bits per heavy atom. The lowest BCUT2D eigenvalue weighted by Gasteiger charge is -2.22. The van der Waals surface area contributed by atoms with Crippen LogP contribution in [0.25, 0.3) is 5.69 Å². The fourth-order valence-corrected chi connectivity index (χ4v) is 3.25. The van der Waals surface area contributed by atoms with Crippen molar-refractivity contribution in [3.05, 3.63) is 46.7 Å². The molecule has 1 saturated heterocycles. The van der Waals surface area contributed by atoms with Gasteiger partial charge in [-0.05, 0) is 37.1 Å². The Balaban J connectivity index is 1.79. The number of carbonyl (C=O) groups excluding carboxylic acids is 1. The Hall–Kier alpha value is -2.15. The third-order valence-electron chi connectivity index (χ3n) is 3.93. The lowest BCUT2D eigenvalue weighted by atomic mass is 10.1. The predicted molar refractivity (Wildman–Crippen MR) is 87.6 cm³/mol. The molecular weight excluding hydrogens is 362 g/mol. The van der Waals surface area contributed by atoms with Gasteiger partial charge < -0.3 is 10.0 Å². The number of hydrogen-bond acceptors (Lipinski definition) is 3. The number of carboxylic acid groups (broad SMARTS) is 1. The number of nitrogens with zero attached hydrogens (tertiary/aromatic N) is 3. The van der Waals surface area contributed by atoms with Crippen LogP contribution in [0.3, 0.4) is 0 Å². The van der Waals surface area contributed by atoms with Crippen molar-refractivity contribution >= 4 is 27.8 Å². The molecule has 0 saturated carbocycles. The summed E-state index contributed by atoms with van der Waals surface area (Å²) in [6, 6.07) is 9.04. The number of carboxylic acids is 1. The summed E-state index contributed by atoms with van der Waals surface area (Å²) in [4.78, 5) is 25.1. The second kappa shape index (κ2) is 6.54. The minimum atomic E-state index is -0.880. The van der Waals surface area contributed by atoms with Crippen molar-refractivity contribution in [1.82, 2.24) is 14.7 Å². The van der Waals surface area contributed by atoms with Gasteiger partial charge in [-0.25, -0.2) is 4.68 Å². The van der Waals surface area contributed by atoms with Crippen LogP contribution in [0.4, 0.5) is 0 Å². The normalized spacial score (nSPS) is 17.4. The molecule has 1 aromatic carbocycles. The minimum absolute atomic E-state index is 0.0158. The zero-order valence-electron chi connectivity index (χ0n) is 12.4. The highest BCUT2D eigenvalue weighted by atomic mass is 79.9. The van der Waals surface area contributed by atoms with E-state index < -0.39 is 5.97 Å². The summed E-state index contributed by atoms with van der Waals surface area (Å²) in [5.41, 5.74) is 1.18. The number of carbonyl (C=O) groups is 2. The number of hydrogen-bond donors (Lipinski definition) is 1. The van der Waals surface area contributed by atoms with Crippen LogP contribution in [0.15, 0.2) is 41.0 Å². The van der Waals surface area contributed by atoms with E-state index in [1.807, 2.05) is 24.3 Å². The molecule has 1 atom stereocenters. The molecule has 1 aromatic heterocycles. The van der Waals surface area contributed by atoms with E-state index in [-0.39, 0.29) is 18.4 Å². The standard InChI is InChI=1S/C16H16BrN3O3/c17-11-3-1-4-13(9-11)20-8-6-14(18-20)16(23)19-7-2-5-12(19)10-15(21)22/h1,3-4,6,8-9,12H,2,5,7,10H2,(H,21,22). The molecule has 2 aromatic rings. The Bertz CT molecular complexity index is 744. The van der Waals surface area contributed by atoms with Crippen molar-refractivity contribution in [2.75, 3.05) is 6.54 Å². The monoisotopic (exact) mass is 377 g/mol. The first-order chi connectivity index (χ1) is 11.0. The van der Waals surface area contributed by atoms with Crippen LogP contribution in [-0.2, 0) is 4.79 Å². The fourth-order valence-electron chi connectivity index (χ4n) is 2.86. The molecule has 0 radical (unpaired) electrons. The SMILES string of the molecule is O=C(O)CC1CCCN1C(=O)c1ccn(-c2cccc(Br)c2)n1. The van der Waals surface area contributed by atoms with Crippen molar-refractivity contribution in [3.8, 4) is 5.69 Å². The highest BCUT2D eigenvalue weighted by Crippen LogP contribution is 2.22. The number of halogens is 1. The molecule has 0 bridgehead atoms. The third-order valence-corrected chi connectivity index (χ3v) is 4.42. The van der Waals surface area contributed by atoms with Crippen LogP contribution in [0.5, 0.6) is 0 Å². The summed E-state index contributed by atoms with van der Waals surface area (Å²) in [6.45, 7) is 0.584. The molecule has 2 heterocycles. The van der Waals surface area contributed by atoms with E-state index in [1.54, 1.807) is 21.8 Å². The molecule has 7 heteroatoms. The first kappa shape index (κ1) is 15.7. The number of benzene rings is 1. The highest BCUT2D eigenvalue weighted by Gasteiger charge is 2.31. The average molecular weight is 378 g/mol. The van der Waals surface area contributed by atoms with E-state index >= 15 is 0 Å².